The smallest absolute Gasteiger partial charge is 0.0558 e. The van der Waals surface area contributed by atoms with Gasteiger partial charge in [0.15, 0.2) is 0 Å². The summed E-state index contributed by atoms with van der Waals surface area (Å²) in [6, 6.07) is 10.6. The van der Waals surface area contributed by atoms with Gasteiger partial charge in [-0.1, -0.05) is 47.0 Å². The van der Waals surface area contributed by atoms with E-state index in [2.05, 4.69) is 37.4 Å². The van der Waals surface area contributed by atoms with Gasteiger partial charge in [-0.15, -0.1) is 0 Å². The van der Waals surface area contributed by atoms with E-state index in [4.69, 9.17) is 23.2 Å². The molecule has 0 saturated heterocycles. The van der Waals surface area contributed by atoms with Crippen LogP contribution < -0.4 is 5.32 Å². The van der Waals surface area contributed by atoms with Gasteiger partial charge in [0, 0.05) is 22.2 Å². The SMILES string of the molecule is Cc1ccc(C2Cc3c(Cl)cc(Cl)cc3N2)c(C)c1. The highest BCUT2D eigenvalue weighted by Crippen LogP contribution is 2.40. The van der Waals surface area contributed by atoms with Gasteiger partial charge in [-0.3, -0.25) is 0 Å². The van der Waals surface area contributed by atoms with E-state index in [1.165, 1.54) is 16.7 Å². The van der Waals surface area contributed by atoms with Crippen molar-refractivity contribution < 1.29 is 0 Å². The fourth-order valence-electron chi connectivity index (χ4n) is 2.79. The minimum absolute atomic E-state index is 0.284. The van der Waals surface area contributed by atoms with Crippen LogP contribution >= 0.6 is 23.2 Å². The number of hydrogen-bond acceptors (Lipinski definition) is 1. The molecule has 0 aromatic heterocycles. The van der Waals surface area contributed by atoms with E-state index in [1.54, 1.807) is 0 Å². The lowest BCUT2D eigenvalue weighted by Gasteiger charge is -2.15. The summed E-state index contributed by atoms with van der Waals surface area (Å²) < 4.78 is 0. The van der Waals surface area contributed by atoms with E-state index in [0.29, 0.717) is 5.02 Å². The Bertz CT molecular complexity index is 649. The molecule has 1 atom stereocenters. The molecule has 2 aromatic carbocycles. The molecule has 98 valence electrons. The maximum atomic E-state index is 6.27. The molecule has 3 rings (SSSR count). The Morgan fingerprint density at radius 1 is 1.11 bits per heavy atom. The molecule has 1 unspecified atom stereocenters. The zero-order valence-corrected chi connectivity index (χ0v) is 12.4. The van der Waals surface area contributed by atoms with Gasteiger partial charge < -0.3 is 5.32 Å². The summed E-state index contributed by atoms with van der Waals surface area (Å²) >= 11 is 12.3. The Hall–Kier alpha value is -1.18. The summed E-state index contributed by atoms with van der Waals surface area (Å²) in [5.41, 5.74) is 6.15. The molecule has 0 radical (unpaired) electrons. The van der Waals surface area contributed by atoms with Crippen molar-refractivity contribution >= 4 is 28.9 Å². The van der Waals surface area contributed by atoms with Crippen LogP contribution in [0.2, 0.25) is 10.0 Å². The second-order valence-electron chi connectivity index (χ2n) is 5.17. The first-order valence-corrected chi connectivity index (χ1v) is 7.12. The highest BCUT2D eigenvalue weighted by Gasteiger charge is 2.25. The number of nitrogens with one attached hydrogen (secondary N) is 1. The lowest BCUT2D eigenvalue weighted by atomic mass is 9.97. The van der Waals surface area contributed by atoms with Gasteiger partial charge in [-0.2, -0.15) is 0 Å². The second-order valence-corrected chi connectivity index (χ2v) is 6.02. The molecule has 0 fully saturated rings. The summed E-state index contributed by atoms with van der Waals surface area (Å²) in [7, 11) is 0. The first-order chi connectivity index (χ1) is 9.04. The van der Waals surface area contributed by atoms with Crippen molar-refractivity contribution in [2.45, 2.75) is 26.3 Å². The van der Waals surface area contributed by atoms with E-state index >= 15 is 0 Å². The number of halogens is 2. The Balaban J connectivity index is 1.97. The summed E-state index contributed by atoms with van der Waals surface area (Å²) in [6.07, 6.45) is 0.912. The normalized spacial score (nSPS) is 17.2. The van der Waals surface area contributed by atoms with Crippen molar-refractivity contribution in [1.82, 2.24) is 0 Å². The molecule has 2 aromatic rings. The van der Waals surface area contributed by atoms with Crippen LogP contribution in [0.15, 0.2) is 30.3 Å². The average molecular weight is 292 g/mol. The van der Waals surface area contributed by atoms with E-state index in [-0.39, 0.29) is 6.04 Å². The van der Waals surface area contributed by atoms with Gasteiger partial charge in [-0.05, 0) is 42.7 Å². The van der Waals surface area contributed by atoms with E-state index < -0.39 is 0 Å². The van der Waals surface area contributed by atoms with Crippen molar-refractivity contribution in [2.75, 3.05) is 5.32 Å². The topological polar surface area (TPSA) is 12.0 Å². The van der Waals surface area contributed by atoms with Gasteiger partial charge in [0.1, 0.15) is 0 Å². The van der Waals surface area contributed by atoms with Crippen molar-refractivity contribution in [3.05, 3.63) is 62.6 Å². The van der Waals surface area contributed by atoms with Crippen LogP contribution in [0.3, 0.4) is 0 Å². The number of fused-ring (bicyclic) bond motifs is 1. The van der Waals surface area contributed by atoms with Crippen LogP contribution in [0, 0.1) is 13.8 Å². The molecule has 1 aliphatic heterocycles. The Labute approximate surface area is 123 Å². The van der Waals surface area contributed by atoms with Crippen molar-refractivity contribution in [1.29, 1.82) is 0 Å². The van der Waals surface area contributed by atoms with E-state index in [9.17, 15) is 0 Å². The molecule has 1 aliphatic rings. The molecule has 1 N–H and O–H groups in total. The monoisotopic (exact) mass is 291 g/mol. The zero-order valence-electron chi connectivity index (χ0n) is 10.9. The predicted molar refractivity (Wildman–Crippen MR) is 82.4 cm³/mol. The standard InChI is InChI=1S/C16H15Cl2N/c1-9-3-4-12(10(2)5-9)16-8-13-14(18)6-11(17)7-15(13)19-16/h3-7,16,19H,8H2,1-2H3. The number of rotatable bonds is 1. The van der Waals surface area contributed by atoms with Crippen LogP contribution in [0.25, 0.3) is 0 Å². The van der Waals surface area contributed by atoms with Gasteiger partial charge in [0.05, 0.1) is 6.04 Å². The van der Waals surface area contributed by atoms with Crippen molar-refractivity contribution in [2.24, 2.45) is 0 Å². The molecule has 3 heteroatoms. The van der Waals surface area contributed by atoms with Gasteiger partial charge >= 0.3 is 0 Å². The lowest BCUT2D eigenvalue weighted by Crippen LogP contribution is -2.07. The minimum Gasteiger partial charge on any atom is -0.378 e. The Kier molecular flexibility index (Phi) is 3.20. The third kappa shape index (κ3) is 2.33. The largest absolute Gasteiger partial charge is 0.378 e. The van der Waals surface area contributed by atoms with Crippen LogP contribution in [0.5, 0.6) is 0 Å². The molecular formula is C16H15Cl2N. The van der Waals surface area contributed by atoms with Gasteiger partial charge in [0.2, 0.25) is 0 Å². The zero-order chi connectivity index (χ0) is 13.6. The quantitative estimate of drug-likeness (QED) is 0.750. The number of hydrogen-bond donors (Lipinski definition) is 1. The van der Waals surface area contributed by atoms with E-state index in [0.717, 1.165) is 22.7 Å². The fourth-order valence-corrected chi connectivity index (χ4v) is 3.36. The molecule has 1 nitrogen and oxygen atoms in total. The highest BCUT2D eigenvalue weighted by atomic mass is 35.5. The third-order valence-electron chi connectivity index (χ3n) is 3.70. The number of anilines is 1. The molecule has 0 aliphatic carbocycles. The summed E-state index contributed by atoms with van der Waals surface area (Å²) in [5.74, 6) is 0. The first kappa shape index (κ1) is 12.8. The molecule has 0 saturated carbocycles. The highest BCUT2D eigenvalue weighted by molar-refractivity contribution is 6.35. The predicted octanol–water partition coefficient (Wildman–Crippen LogP) is 5.32. The van der Waals surface area contributed by atoms with Crippen LogP contribution in [-0.2, 0) is 6.42 Å². The molecule has 19 heavy (non-hydrogen) atoms. The molecule has 1 heterocycles. The summed E-state index contributed by atoms with van der Waals surface area (Å²) in [5, 5.41) is 4.95. The fraction of sp³-hybridized carbons (Fsp3) is 0.250. The average Bonchev–Trinajstić information content (AvgIpc) is 2.72. The van der Waals surface area contributed by atoms with Gasteiger partial charge in [-0.25, -0.2) is 0 Å². The van der Waals surface area contributed by atoms with Crippen LogP contribution in [0.4, 0.5) is 5.69 Å². The number of benzene rings is 2. The summed E-state index contributed by atoms with van der Waals surface area (Å²) in [6.45, 7) is 4.27. The molecule has 0 spiro atoms. The third-order valence-corrected chi connectivity index (χ3v) is 4.25. The van der Waals surface area contributed by atoms with E-state index in [1.807, 2.05) is 12.1 Å². The lowest BCUT2D eigenvalue weighted by molar-refractivity contribution is 0.815. The Morgan fingerprint density at radius 2 is 1.89 bits per heavy atom. The summed E-state index contributed by atoms with van der Waals surface area (Å²) in [4.78, 5) is 0. The Morgan fingerprint density at radius 3 is 2.63 bits per heavy atom. The van der Waals surface area contributed by atoms with Gasteiger partial charge in [0.25, 0.3) is 0 Å². The van der Waals surface area contributed by atoms with Crippen LogP contribution in [0.1, 0.15) is 28.3 Å². The molecule has 0 amide bonds. The maximum Gasteiger partial charge on any atom is 0.0558 e. The first-order valence-electron chi connectivity index (χ1n) is 6.36. The molecule has 0 bridgehead atoms. The second kappa shape index (κ2) is 4.73. The van der Waals surface area contributed by atoms with Crippen molar-refractivity contribution in [3.63, 3.8) is 0 Å². The molecular weight excluding hydrogens is 277 g/mol. The van der Waals surface area contributed by atoms with Crippen molar-refractivity contribution in [3.8, 4) is 0 Å². The maximum absolute atomic E-state index is 6.27. The minimum atomic E-state index is 0.284. The van der Waals surface area contributed by atoms with Crippen LogP contribution in [-0.4, -0.2) is 0 Å². The number of aryl methyl sites for hydroxylation is 2.